The molecule has 0 aliphatic rings. The van der Waals surface area contributed by atoms with Crippen molar-refractivity contribution in [2.45, 2.75) is 12.9 Å². The van der Waals surface area contributed by atoms with Gasteiger partial charge in [0.25, 0.3) is 5.91 Å². The van der Waals surface area contributed by atoms with Gasteiger partial charge in [0.15, 0.2) is 0 Å². The van der Waals surface area contributed by atoms with Crippen LogP contribution in [0.25, 0.3) is 0 Å². The predicted octanol–water partition coefficient (Wildman–Crippen LogP) is 3.74. The molecule has 0 aliphatic heterocycles. The number of hydrogen-bond acceptors (Lipinski definition) is 3. The van der Waals surface area contributed by atoms with E-state index in [1.54, 1.807) is 30.3 Å². The van der Waals surface area contributed by atoms with Crippen molar-refractivity contribution >= 4 is 27.7 Å². The Labute approximate surface area is 162 Å². The minimum atomic E-state index is -4.82. The van der Waals surface area contributed by atoms with E-state index in [4.69, 9.17) is 0 Å². The van der Waals surface area contributed by atoms with Gasteiger partial charge in [0.1, 0.15) is 5.75 Å². The number of para-hydroxylation sites is 1. The third kappa shape index (κ3) is 6.59. The molecule has 5 nitrogen and oxygen atoms in total. The van der Waals surface area contributed by atoms with Crippen molar-refractivity contribution in [3.05, 3.63) is 64.1 Å². The van der Waals surface area contributed by atoms with Crippen molar-refractivity contribution in [1.82, 2.24) is 10.2 Å². The lowest BCUT2D eigenvalue weighted by atomic mass is 10.2. The van der Waals surface area contributed by atoms with Crippen LogP contribution >= 0.6 is 15.9 Å². The molecule has 9 heteroatoms. The molecule has 0 spiro atoms. The highest BCUT2D eigenvalue weighted by Crippen LogP contribution is 2.26. The van der Waals surface area contributed by atoms with Crippen LogP contribution in [0.4, 0.5) is 13.2 Å². The van der Waals surface area contributed by atoms with Gasteiger partial charge in [-0.1, -0.05) is 40.2 Å². The average Bonchev–Trinajstić information content (AvgIpc) is 2.59. The Morgan fingerprint density at radius 2 is 1.85 bits per heavy atom. The third-order valence-electron chi connectivity index (χ3n) is 3.52. The molecule has 27 heavy (non-hydrogen) atoms. The zero-order chi connectivity index (χ0) is 20.0. The Morgan fingerprint density at radius 1 is 1.15 bits per heavy atom. The average molecular weight is 445 g/mol. The zero-order valence-electron chi connectivity index (χ0n) is 14.2. The van der Waals surface area contributed by atoms with E-state index in [0.717, 1.165) is 4.47 Å². The molecule has 0 atom stereocenters. The highest BCUT2D eigenvalue weighted by molar-refractivity contribution is 9.10. The minimum Gasteiger partial charge on any atom is -0.405 e. The standard InChI is InChI=1S/C18H16BrF3N2O3/c1-24(11-13-5-2-3-8-15(13)27-18(20,21)22)16(25)10-23-17(26)12-6-4-7-14(19)9-12/h2-9H,10-11H2,1H3,(H,23,26). The molecule has 144 valence electrons. The van der Waals surface area contributed by atoms with Crippen molar-refractivity contribution in [2.24, 2.45) is 0 Å². The van der Waals surface area contributed by atoms with Crippen molar-refractivity contribution in [3.8, 4) is 5.75 Å². The van der Waals surface area contributed by atoms with Gasteiger partial charge in [0.05, 0.1) is 6.54 Å². The summed E-state index contributed by atoms with van der Waals surface area (Å²) in [6.07, 6.45) is -4.82. The van der Waals surface area contributed by atoms with E-state index in [2.05, 4.69) is 26.0 Å². The molecule has 0 heterocycles. The fourth-order valence-corrected chi connectivity index (χ4v) is 2.62. The fourth-order valence-electron chi connectivity index (χ4n) is 2.23. The molecule has 2 aromatic rings. The van der Waals surface area contributed by atoms with Crippen LogP contribution in [0.3, 0.4) is 0 Å². The molecule has 0 aliphatic carbocycles. The lowest BCUT2D eigenvalue weighted by Crippen LogP contribution is -2.38. The Balaban J connectivity index is 1.95. The summed E-state index contributed by atoms with van der Waals surface area (Å²) in [6.45, 7) is -0.387. The van der Waals surface area contributed by atoms with Gasteiger partial charge in [-0.15, -0.1) is 13.2 Å². The molecule has 0 aromatic heterocycles. The second kappa shape index (κ2) is 8.90. The number of likely N-dealkylation sites (N-methyl/N-ethyl adjacent to an activating group) is 1. The Hall–Kier alpha value is -2.55. The second-order valence-electron chi connectivity index (χ2n) is 5.60. The number of rotatable bonds is 6. The summed E-state index contributed by atoms with van der Waals surface area (Å²) in [4.78, 5) is 25.4. The first-order chi connectivity index (χ1) is 12.7. The molecular weight excluding hydrogens is 429 g/mol. The number of hydrogen-bond donors (Lipinski definition) is 1. The molecule has 0 saturated heterocycles. The van der Waals surface area contributed by atoms with Gasteiger partial charge in [0, 0.05) is 29.2 Å². The van der Waals surface area contributed by atoms with E-state index in [9.17, 15) is 22.8 Å². The number of amides is 2. The Morgan fingerprint density at radius 3 is 2.52 bits per heavy atom. The summed E-state index contributed by atoms with van der Waals surface area (Å²) in [5, 5.41) is 2.48. The molecule has 0 unspecified atom stereocenters. The molecule has 0 bridgehead atoms. The van der Waals surface area contributed by atoms with E-state index in [1.165, 1.54) is 30.1 Å². The summed E-state index contributed by atoms with van der Waals surface area (Å²) in [5.74, 6) is -1.26. The number of halogens is 4. The number of nitrogens with zero attached hydrogens (tertiary/aromatic N) is 1. The molecule has 0 radical (unpaired) electrons. The van der Waals surface area contributed by atoms with E-state index in [1.807, 2.05) is 0 Å². The first-order valence-electron chi connectivity index (χ1n) is 7.77. The summed E-state index contributed by atoms with van der Waals surface area (Å²) in [5.41, 5.74) is 0.577. The van der Waals surface area contributed by atoms with Gasteiger partial charge in [0.2, 0.25) is 5.91 Å². The van der Waals surface area contributed by atoms with E-state index in [-0.39, 0.29) is 24.4 Å². The molecule has 2 aromatic carbocycles. The van der Waals surface area contributed by atoms with Crippen LogP contribution in [0.1, 0.15) is 15.9 Å². The van der Waals surface area contributed by atoms with Gasteiger partial charge in [-0.05, 0) is 24.3 Å². The lowest BCUT2D eigenvalue weighted by Gasteiger charge is -2.20. The maximum absolute atomic E-state index is 12.5. The highest BCUT2D eigenvalue weighted by atomic mass is 79.9. The maximum atomic E-state index is 12.5. The van der Waals surface area contributed by atoms with Crippen LogP contribution in [0.2, 0.25) is 0 Å². The fraction of sp³-hybridized carbons (Fsp3) is 0.222. The van der Waals surface area contributed by atoms with Gasteiger partial charge in [-0.2, -0.15) is 0 Å². The molecule has 0 fully saturated rings. The minimum absolute atomic E-state index is 0.0994. The molecule has 0 saturated carbocycles. The molecule has 1 N–H and O–H groups in total. The van der Waals surface area contributed by atoms with E-state index < -0.39 is 18.2 Å². The largest absolute Gasteiger partial charge is 0.573 e. The SMILES string of the molecule is CN(Cc1ccccc1OC(F)(F)F)C(=O)CNC(=O)c1cccc(Br)c1. The predicted molar refractivity (Wildman–Crippen MR) is 96.1 cm³/mol. The number of nitrogens with one attached hydrogen (secondary N) is 1. The van der Waals surface area contributed by atoms with E-state index >= 15 is 0 Å². The second-order valence-corrected chi connectivity index (χ2v) is 6.51. The van der Waals surface area contributed by atoms with Crippen LogP contribution in [0, 0.1) is 0 Å². The first-order valence-corrected chi connectivity index (χ1v) is 8.56. The molecule has 2 rings (SSSR count). The third-order valence-corrected chi connectivity index (χ3v) is 4.01. The van der Waals surface area contributed by atoms with Crippen LogP contribution in [-0.2, 0) is 11.3 Å². The van der Waals surface area contributed by atoms with Gasteiger partial charge in [-0.3, -0.25) is 9.59 Å². The van der Waals surface area contributed by atoms with Crippen LogP contribution in [-0.4, -0.2) is 36.7 Å². The maximum Gasteiger partial charge on any atom is 0.573 e. The Kier molecular flexibility index (Phi) is 6.84. The summed E-state index contributed by atoms with van der Waals surface area (Å²) < 4.78 is 42.1. The topological polar surface area (TPSA) is 58.6 Å². The normalized spacial score (nSPS) is 11.0. The van der Waals surface area contributed by atoms with Crippen LogP contribution in [0.15, 0.2) is 53.0 Å². The zero-order valence-corrected chi connectivity index (χ0v) is 15.8. The van der Waals surface area contributed by atoms with Crippen molar-refractivity contribution in [3.63, 3.8) is 0 Å². The van der Waals surface area contributed by atoms with Gasteiger partial charge in [-0.25, -0.2) is 0 Å². The number of alkyl halides is 3. The number of benzene rings is 2. The van der Waals surface area contributed by atoms with Crippen LogP contribution < -0.4 is 10.1 Å². The monoisotopic (exact) mass is 444 g/mol. The summed E-state index contributed by atoms with van der Waals surface area (Å²) in [7, 11) is 1.43. The Bertz CT molecular complexity index is 827. The number of carbonyl (C=O) groups is 2. The van der Waals surface area contributed by atoms with E-state index in [0.29, 0.717) is 5.56 Å². The highest BCUT2D eigenvalue weighted by Gasteiger charge is 2.32. The smallest absolute Gasteiger partial charge is 0.405 e. The first kappa shape index (κ1) is 20.8. The quantitative estimate of drug-likeness (QED) is 0.738. The van der Waals surface area contributed by atoms with Crippen molar-refractivity contribution in [1.29, 1.82) is 0 Å². The lowest BCUT2D eigenvalue weighted by molar-refractivity contribution is -0.275. The van der Waals surface area contributed by atoms with Gasteiger partial charge >= 0.3 is 6.36 Å². The summed E-state index contributed by atoms with van der Waals surface area (Å²) >= 11 is 3.25. The molecular formula is C18H16BrF3N2O3. The van der Waals surface area contributed by atoms with Gasteiger partial charge < -0.3 is 15.0 Å². The van der Waals surface area contributed by atoms with Crippen LogP contribution in [0.5, 0.6) is 5.75 Å². The molecule has 2 amide bonds. The number of ether oxygens (including phenoxy) is 1. The number of carbonyl (C=O) groups excluding carboxylic acids is 2. The van der Waals surface area contributed by atoms with Crippen molar-refractivity contribution in [2.75, 3.05) is 13.6 Å². The summed E-state index contributed by atoms with van der Waals surface area (Å²) in [6, 6.07) is 12.2. The van der Waals surface area contributed by atoms with Crippen molar-refractivity contribution < 1.29 is 27.5 Å².